The minimum Gasteiger partial charge on any atom is -0.481 e. The van der Waals surface area contributed by atoms with Gasteiger partial charge in [0.25, 0.3) is 0 Å². The monoisotopic (exact) mass is 405 g/mol. The Morgan fingerprint density at radius 1 is 1.14 bits per heavy atom. The van der Waals surface area contributed by atoms with Gasteiger partial charge in [0.2, 0.25) is 10.0 Å². The van der Waals surface area contributed by atoms with E-state index in [-0.39, 0.29) is 6.42 Å². The molecule has 5 nitrogen and oxygen atoms in total. The number of unbranched alkanes of at least 4 members (excludes halogenated alkanes) is 1. The molecule has 0 aliphatic heterocycles. The molecule has 3 fully saturated rings. The number of sulfonamides is 1. The minimum atomic E-state index is -3.49. The standard InChI is InChI=1S/C22H31NO4S/c1-16-7-13-19(14-8-16)28(26,27)23-15-21-18-11-9-17(10-12-18)20(21)5-3-2-4-6-22(24)25/h3,5,7-8,13-14,17-18,20-21,23H,2,4,6,9-12,15H2,1H3,(H,24,25). The number of hydrogen-bond donors (Lipinski definition) is 2. The first-order valence-electron chi connectivity index (χ1n) is 10.3. The highest BCUT2D eigenvalue weighted by Crippen LogP contribution is 2.49. The summed E-state index contributed by atoms with van der Waals surface area (Å²) in [6.45, 7) is 2.41. The third kappa shape index (κ3) is 5.23. The first-order chi connectivity index (χ1) is 13.4. The van der Waals surface area contributed by atoms with E-state index in [0.29, 0.717) is 41.5 Å². The van der Waals surface area contributed by atoms with Crippen LogP contribution in [0.25, 0.3) is 0 Å². The molecule has 0 spiro atoms. The molecule has 3 aliphatic rings. The summed E-state index contributed by atoms with van der Waals surface area (Å²) < 4.78 is 28.2. The third-order valence-corrected chi connectivity index (χ3v) is 7.86. The summed E-state index contributed by atoms with van der Waals surface area (Å²) in [6.07, 6.45) is 10.8. The van der Waals surface area contributed by atoms with Crippen molar-refractivity contribution in [1.29, 1.82) is 0 Å². The van der Waals surface area contributed by atoms with E-state index >= 15 is 0 Å². The van der Waals surface area contributed by atoms with Crippen LogP contribution in [0.15, 0.2) is 41.3 Å². The number of carboxylic acids is 1. The molecule has 2 atom stereocenters. The lowest BCUT2D eigenvalue weighted by Gasteiger charge is -2.48. The van der Waals surface area contributed by atoms with Gasteiger partial charge in [0.1, 0.15) is 0 Å². The summed E-state index contributed by atoms with van der Waals surface area (Å²) in [5.41, 5.74) is 1.04. The summed E-state index contributed by atoms with van der Waals surface area (Å²) >= 11 is 0. The number of rotatable bonds is 9. The van der Waals surface area contributed by atoms with Gasteiger partial charge in [0.15, 0.2) is 0 Å². The maximum absolute atomic E-state index is 12.7. The molecule has 0 aromatic heterocycles. The summed E-state index contributed by atoms with van der Waals surface area (Å²) in [7, 11) is -3.49. The lowest BCUT2D eigenvalue weighted by Crippen LogP contribution is -2.45. The van der Waals surface area contributed by atoms with E-state index in [1.165, 1.54) is 25.7 Å². The number of carbonyl (C=O) groups is 1. The van der Waals surface area contributed by atoms with Crippen molar-refractivity contribution in [2.75, 3.05) is 6.54 Å². The highest BCUT2D eigenvalue weighted by Gasteiger charge is 2.42. The van der Waals surface area contributed by atoms with Crippen LogP contribution >= 0.6 is 0 Å². The zero-order valence-corrected chi connectivity index (χ0v) is 17.3. The van der Waals surface area contributed by atoms with Crippen LogP contribution in [0.2, 0.25) is 0 Å². The van der Waals surface area contributed by atoms with Gasteiger partial charge in [-0.1, -0.05) is 29.8 Å². The van der Waals surface area contributed by atoms with Gasteiger partial charge in [0, 0.05) is 13.0 Å². The number of nitrogens with one attached hydrogen (secondary N) is 1. The van der Waals surface area contributed by atoms with Crippen LogP contribution in [0.5, 0.6) is 0 Å². The largest absolute Gasteiger partial charge is 0.481 e. The number of allylic oxidation sites excluding steroid dienone is 2. The van der Waals surface area contributed by atoms with Crippen LogP contribution in [-0.4, -0.2) is 26.0 Å². The Labute approximate surface area is 168 Å². The normalized spacial score (nSPS) is 27.3. The lowest BCUT2D eigenvalue weighted by atomic mass is 9.58. The molecular formula is C22H31NO4S. The topological polar surface area (TPSA) is 83.5 Å². The Bertz CT molecular complexity index is 792. The Kier molecular flexibility index (Phi) is 6.94. The summed E-state index contributed by atoms with van der Waals surface area (Å²) in [4.78, 5) is 11.0. The van der Waals surface area contributed by atoms with Crippen molar-refractivity contribution in [1.82, 2.24) is 4.72 Å². The van der Waals surface area contributed by atoms with Crippen LogP contribution in [0, 0.1) is 30.6 Å². The molecule has 3 aliphatic carbocycles. The first kappa shape index (κ1) is 21.1. The SMILES string of the molecule is Cc1ccc(S(=O)(=O)NCC2C3CCC(CC3)C2C=CCCCC(=O)O)cc1. The maximum Gasteiger partial charge on any atom is 0.303 e. The molecule has 154 valence electrons. The molecule has 4 rings (SSSR count). The Balaban J connectivity index is 1.63. The number of aryl methyl sites for hydroxylation is 1. The van der Waals surface area contributed by atoms with E-state index in [9.17, 15) is 13.2 Å². The molecule has 1 aromatic rings. The van der Waals surface area contributed by atoms with Gasteiger partial charge in [-0.2, -0.15) is 0 Å². The van der Waals surface area contributed by atoms with E-state index in [1.807, 2.05) is 19.1 Å². The average molecular weight is 406 g/mol. The van der Waals surface area contributed by atoms with Crippen LogP contribution in [0.1, 0.15) is 50.5 Å². The second-order valence-electron chi connectivity index (χ2n) is 8.30. The average Bonchev–Trinajstić information content (AvgIpc) is 2.67. The summed E-state index contributed by atoms with van der Waals surface area (Å²) in [5, 5.41) is 8.76. The molecule has 0 amide bonds. The van der Waals surface area contributed by atoms with Gasteiger partial charge in [-0.15, -0.1) is 0 Å². The van der Waals surface area contributed by atoms with Crippen LogP contribution in [-0.2, 0) is 14.8 Å². The number of hydrogen-bond acceptors (Lipinski definition) is 3. The number of carboxylic acid groups (broad SMARTS) is 1. The Morgan fingerprint density at radius 2 is 1.79 bits per heavy atom. The molecule has 0 heterocycles. The molecule has 0 saturated heterocycles. The number of benzene rings is 1. The van der Waals surface area contributed by atoms with Gasteiger partial charge in [-0.25, -0.2) is 13.1 Å². The molecule has 2 N–H and O–H groups in total. The maximum atomic E-state index is 12.7. The fourth-order valence-electron chi connectivity index (χ4n) is 4.86. The number of aliphatic carboxylic acids is 1. The van der Waals surface area contributed by atoms with Crippen LogP contribution in [0.4, 0.5) is 0 Å². The Morgan fingerprint density at radius 3 is 2.43 bits per heavy atom. The van der Waals surface area contributed by atoms with Crippen molar-refractivity contribution in [2.24, 2.45) is 23.7 Å². The van der Waals surface area contributed by atoms with Crippen molar-refractivity contribution in [3.05, 3.63) is 42.0 Å². The molecule has 0 radical (unpaired) electrons. The van der Waals surface area contributed by atoms with Gasteiger partial charge in [-0.3, -0.25) is 4.79 Å². The quantitative estimate of drug-likeness (QED) is 0.478. The summed E-state index contributed by atoms with van der Waals surface area (Å²) in [6, 6.07) is 6.95. The Hall–Kier alpha value is -1.66. The first-order valence-corrected chi connectivity index (χ1v) is 11.8. The zero-order valence-electron chi connectivity index (χ0n) is 16.5. The summed E-state index contributed by atoms with van der Waals surface area (Å²) in [5.74, 6) is 1.14. The van der Waals surface area contributed by atoms with E-state index in [1.54, 1.807) is 12.1 Å². The fourth-order valence-corrected chi connectivity index (χ4v) is 5.93. The predicted molar refractivity (Wildman–Crippen MR) is 109 cm³/mol. The molecular weight excluding hydrogens is 374 g/mol. The number of fused-ring (bicyclic) bond motifs is 3. The van der Waals surface area contributed by atoms with E-state index in [4.69, 9.17) is 5.11 Å². The molecule has 2 unspecified atom stereocenters. The molecule has 1 aromatic carbocycles. The molecule has 3 saturated carbocycles. The second kappa shape index (κ2) is 9.23. The van der Waals surface area contributed by atoms with Crippen molar-refractivity contribution in [2.45, 2.75) is 56.8 Å². The minimum absolute atomic E-state index is 0.195. The lowest BCUT2D eigenvalue weighted by molar-refractivity contribution is -0.137. The van der Waals surface area contributed by atoms with Crippen molar-refractivity contribution in [3.8, 4) is 0 Å². The molecule has 2 bridgehead atoms. The van der Waals surface area contributed by atoms with E-state index < -0.39 is 16.0 Å². The predicted octanol–water partition coefficient (Wildman–Crippen LogP) is 4.14. The highest BCUT2D eigenvalue weighted by atomic mass is 32.2. The van der Waals surface area contributed by atoms with Gasteiger partial charge in [0.05, 0.1) is 4.90 Å². The van der Waals surface area contributed by atoms with Crippen LogP contribution < -0.4 is 4.72 Å². The van der Waals surface area contributed by atoms with Gasteiger partial charge >= 0.3 is 5.97 Å². The fraction of sp³-hybridized carbons (Fsp3) is 0.591. The second-order valence-corrected chi connectivity index (χ2v) is 10.1. The highest BCUT2D eigenvalue weighted by molar-refractivity contribution is 7.89. The third-order valence-electron chi connectivity index (χ3n) is 6.42. The van der Waals surface area contributed by atoms with Crippen molar-refractivity contribution >= 4 is 16.0 Å². The molecule has 6 heteroatoms. The van der Waals surface area contributed by atoms with E-state index in [0.717, 1.165) is 12.0 Å². The van der Waals surface area contributed by atoms with E-state index in [2.05, 4.69) is 16.9 Å². The van der Waals surface area contributed by atoms with Crippen molar-refractivity contribution in [3.63, 3.8) is 0 Å². The van der Waals surface area contributed by atoms with Crippen LogP contribution in [0.3, 0.4) is 0 Å². The molecule has 28 heavy (non-hydrogen) atoms. The van der Waals surface area contributed by atoms with Gasteiger partial charge < -0.3 is 5.11 Å². The van der Waals surface area contributed by atoms with Gasteiger partial charge in [-0.05, 0) is 81.3 Å². The van der Waals surface area contributed by atoms with Crippen molar-refractivity contribution < 1.29 is 18.3 Å². The zero-order chi connectivity index (χ0) is 20.1. The smallest absolute Gasteiger partial charge is 0.303 e.